The average molecular weight is 443 g/mol. The smallest absolute Gasteiger partial charge is 0.290 e. The van der Waals surface area contributed by atoms with Crippen molar-refractivity contribution >= 4 is 23.0 Å². The Morgan fingerprint density at radius 1 is 1.19 bits per heavy atom. The fourth-order valence-electron chi connectivity index (χ4n) is 3.79. The number of ketones is 1. The van der Waals surface area contributed by atoms with Gasteiger partial charge in [0.2, 0.25) is 5.78 Å². The van der Waals surface area contributed by atoms with Crippen LogP contribution in [-0.2, 0) is 4.79 Å². The van der Waals surface area contributed by atoms with Crippen molar-refractivity contribution in [3.05, 3.63) is 63.6 Å². The molecule has 0 spiro atoms. The minimum absolute atomic E-state index is 0.139. The third-order valence-electron chi connectivity index (χ3n) is 5.49. The van der Waals surface area contributed by atoms with E-state index in [1.807, 2.05) is 36.6 Å². The van der Waals surface area contributed by atoms with Gasteiger partial charge in [-0.3, -0.25) is 9.59 Å². The van der Waals surface area contributed by atoms with E-state index in [1.165, 1.54) is 11.3 Å². The summed E-state index contributed by atoms with van der Waals surface area (Å²) in [6.45, 7) is 9.57. The van der Waals surface area contributed by atoms with Crippen LogP contribution in [0.15, 0.2) is 53.1 Å². The number of nitrogens with zero attached hydrogens (tertiary/aromatic N) is 2. The van der Waals surface area contributed by atoms with Crippen LogP contribution < -0.4 is 4.74 Å². The number of aliphatic hydroxyl groups excluding tert-OH is 1. The number of ether oxygens (including phenoxy) is 1. The van der Waals surface area contributed by atoms with E-state index >= 15 is 0 Å². The highest BCUT2D eigenvalue weighted by Crippen LogP contribution is 2.40. The molecule has 1 atom stereocenters. The molecule has 1 aromatic heterocycles. The van der Waals surface area contributed by atoms with Crippen LogP contribution in [0.3, 0.4) is 0 Å². The molecule has 1 N–H and O–H groups in total. The number of carbonyl (C=O) groups is 2. The molecule has 0 fully saturated rings. The van der Waals surface area contributed by atoms with Crippen molar-refractivity contribution in [3.63, 3.8) is 0 Å². The normalized spacial score (nSPS) is 16.5. The summed E-state index contributed by atoms with van der Waals surface area (Å²) in [5.74, 6) is -0.583. The SMILES string of the molecule is CCCOc1cccc([C@@H]2C(C(=O)c3cccs3)=C(O)C(=O)N2CCN(CC)CC)c1. The highest BCUT2D eigenvalue weighted by molar-refractivity contribution is 7.12. The van der Waals surface area contributed by atoms with Gasteiger partial charge < -0.3 is 19.6 Å². The Morgan fingerprint density at radius 2 is 1.97 bits per heavy atom. The first kappa shape index (κ1) is 23.0. The Morgan fingerprint density at radius 3 is 2.61 bits per heavy atom. The molecule has 0 saturated carbocycles. The number of carbonyl (C=O) groups excluding carboxylic acids is 2. The van der Waals surface area contributed by atoms with Gasteiger partial charge in [0.1, 0.15) is 5.75 Å². The monoisotopic (exact) mass is 442 g/mol. The van der Waals surface area contributed by atoms with Crippen molar-refractivity contribution < 1.29 is 19.4 Å². The summed E-state index contributed by atoms with van der Waals surface area (Å²) in [5.41, 5.74) is 0.894. The highest BCUT2D eigenvalue weighted by atomic mass is 32.1. The average Bonchev–Trinajstić information content (AvgIpc) is 3.41. The van der Waals surface area contributed by atoms with Crippen molar-refractivity contribution in [3.8, 4) is 5.75 Å². The quantitative estimate of drug-likeness (QED) is 0.521. The molecular weight excluding hydrogens is 412 g/mol. The molecule has 0 unspecified atom stereocenters. The second-order valence-corrected chi connectivity index (χ2v) is 8.37. The Labute approximate surface area is 187 Å². The van der Waals surface area contributed by atoms with E-state index in [2.05, 4.69) is 18.7 Å². The number of amides is 1. The van der Waals surface area contributed by atoms with Gasteiger partial charge in [0, 0.05) is 13.1 Å². The van der Waals surface area contributed by atoms with Gasteiger partial charge >= 0.3 is 0 Å². The summed E-state index contributed by atoms with van der Waals surface area (Å²) in [6.07, 6.45) is 0.880. The summed E-state index contributed by atoms with van der Waals surface area (Å²) in [7, 11) is 0. The molecule has 0 saturated heterocycles. The van der Waals surface area contributed by atoms with Crippen LogP contribution in [0.25, 0.3) is 0 Å². The van der Waals surface area contributed by atoms with E-state index in [0.29, 0.717) is 30.3 Å². The molecule has 2 heterocycles. The predicted molar refractivity (Wildman–Crippen MR) is 123 cm³/mol. The van der Waals surface area contributed by atoms with Crippen molar-refractivity contribution in [1.29, 1.82) is 0 Å². The number of hydrogen-bond acceptors (Lipinski definition) is 6. The zero-order valence-corrected chi connectivity index (χ0v) is 19.2. The third kappa shape index (κ3) is 4.99. The molecule has 2 aromatic rings. The van der Waals surface area contributed by atoms with Gasteiger partial charge in [0.05, 0.1) is 23.1 Å². The third-order valence-corrected chi connectivity index (χ3v) is 6.36. The van der Waals surface area contributed by atoms with E-state index in [-0.39, 0.29) is 11.4 Å². The Bertz CT molecular complexity index is 935. The molecule has 166 valence electrons. The highest BCUT2D eigenvalue weighted by Gasteiger charge is 2.44. The maximum absolute atomic E-state index is 13.3. The lowest BCUT2D eigenvalue weighted by molar-refractivity contribution is -0.129. The molecule has 6 nitrogen and oxygen atoms in total. The van der Waals surface area contributed by atoms with Gasteiger partial charge in [-0.1, -0.05) is 39.0 Å². The molecule has 3 rings (SSSR count). The van der Waals surface area contributed by atoms with E-state index in [1.54, 1.807) is 17.0 Å². The summed E-state index contributed by atoms with van der Waals surface area (Å²) >= 11 is 1.30. The largest absolute Gasteiger partial charge is 0.503 e. The summed E-state index contributed by atoms with van der Waals surface area (Å²) < 4.78 is 5.77. The van der Waals surface area contributed by atoms with Gasteiger partial charge in [0.25, 0.3) is 5.91 Å². The van der Waals surface area contributed by atoms with E-state index in [9.17, 15) is 14.7 Å². The van der Waals surface area contributed by atoms with E-state index < -0.39 is 17.7 Å². The van der Waals surface area contributed by atoms with Crippen molar-refractivity contribution in [1.82, 2.24) is 9.80 Å². The van der Waals surface area contributed by atoms with Gasteiger partial charge in [-0.2, -0.15) is 0 Å². The van der Waals surface area contributed by atoms with Crippen LogP contribution in [-0.4, -0.2) is 59.4 Å². The maximum Gasteiger partial charge on any atom is 0.290 e. The molecule has 7 heteroatoms. The topological polar surface area (TPSA) is 70.1 Å². The lowest BCUT2D eigenvalue weighted by Gasteiger charge is -2.29. The molecule has 1 amide bonds. The first-order valence-corrected chi connectivity index (χ1v) is 11.7. The first-order chi connectivity index (χ1) is 15.0. The van der Waals surface area contributed by atoms with Crippen molar-refractivity contribution in [2.75, 3.05) is 32.8 Å². The molecule has 1 aromatic carbocycles. The zero-order chi connectivity index (χ0) is 22.4. The van der Waals surface area contributed by atoms with Crippen LogP contribution in [0.2, 0.25) is 0 Å². The lowest BCUT2D eigenvalue weighted by atomic mass is 9.95. The Hall–Kier alpha value is -2.64. The number of benzene rings is 1. The Kier molecular flexibility index (Phi) is 7.87. The number of hydrogen-bond donors (Lipinski definition) is 1. The van der Waals surface area contributed by atoms with E-state index in [4.69, 9.17) is 4.74 Å². The maximum atomic E-state index is 13.3. The molecule has 1 aliphatic heterocycles. The number of rotatable bonds is 11. The second kappa shape index (κ2) is 10.6. The van der Waals surface area contributed by atoms with Gasteiger partial charge in [-0.15, -0.1) is 11.3 Å². The second-order valence-electron chi connectivity index (χ2n) is 7.42. The summed E-state index contributed by atoms with van der Waals surface area (Å²) in [6, 6.07) is 10.3. The standard InChI is InChI=1S/C24H30N2O4S/c1-4-14-30-18-10-7-9-17(16-18)21-20(22(27)19-11-8-15-31-19)23(28)24(29)26(21)13-12-25(5-2)6-3/h7-11,15-16,21,28H,4-6,12-14H2,1-3H3/t21-/m1/s1. The summed E-state index contributed by atoms with van der Waals surface area (Å²) in [4.78, 5) is 30.6. The molecule has 0 bridgehead atoms. The first-order valence-electron chi connectivity index (χ1n) is 10.8. The molecular formula is C24H30N2O4S. The fraction of sp³-hybridized carbons (Fsp3) is 0.417. The molecule has 0 aliphatic carbocycles. The minimum atomic E-state index is -0.650. The zero-order valence-electron chi connectivity index (χ0n) is 18.3. The van der Waals surface area contributed by atoms with Crippen molar-refractivity contribution in [2.24, 2.45) is 0 Å². The van der Waals surface area contributed by atoms with Gasteiger partial charge in [-0.25, -0.2) is 0 Å². The van der Waals surface area contributed by atoms with Gasteiger partial charge in [0.15, 0.2) is 5.76 Å². The van der Waals surface area contributed by atoms with Crippen molar-refractivity contribution in [2.45, 2.75) is 33.2 Å². The predicted octanol–water partition coefficient (Wildman–Crippen LogP) is 4.46. The minimum Gasteiger partial charge on any atom is -0.503 e. The molecule has 0 radical (unpaired) electrons. The number of aliphatic hydroxyl groups is 1. The van der Waals surface area contributed by atoms with Crippen LogP contribution in [0.1, 0.15) is 48.5 Å². The summed E-state index contributed by atoms with van der Waals surface area (Å²) in [5, 5.41) is 12.6. The number of Topliss-reactive ketones (excluding diaryl/α,β-unsaturated/α-hetero) is 1. The lowest BCUT2D eigenvalue weighted by Crippen LogP contribution is -2.38. The van der Waals surface area contributed by atoms with Gasteiger partial charge in [-0.05, 0) is 48.7 Å². The fourth-order valence-corrected chi connectivity index (χ4v) is 4.46. The molecule has 1 aliphatic rings. The number of likely N-dealkylation sites (N-methyl/N-ethyl adjacent to an activating group) is 1. The van der Waals surface area contributed by atoms with Crippen LogP contribution >= 0.6 is 11.3 Å². The van der Waals surface area contributed by atoms with E-state index in [0.717, 1.165) is 25.1 Å². The van der Waals surface area contributed by atoms with Crippen LogP contribution in [0, 0.1) is 0 Å². The molecule has 31 heavy (non-hydrogen) atoms. The van der Waals surface area contributed by atoms with Crippen LogP contribution in [0.4, 0.5) is 0 Å². The van der Waals surface area contributed by atoms with Crippen LogP contribution in [0.5, 0.6) is 5.75 Å². The Balaban J connectivity index is 2.00. The number of thiophene rings is 1.